The minimum atomic E-state index is -0.741. The Labute approximate surface area is 243 Å². The van der Waals surface area contributed by atoms with Crippen molar-refractivity contribution < 1.29 is 24.2 Å². The van der Waals surface area contributed by atoms with Gasteiger partial charge in [0.05, 0.1) is 24.4 Å². The summed E-state index contributed by atoms with van der Waals surface area (Å²) in [5.74, 6) is 0.158. The van der Waals surface area contributed by atoms with Crippen LogP contribution in [0.3, 0.4) is 0 Å². The fourth-order valence-corrected chi connectivity index (χ4v) is 5.38. The van der Waals surface area contributed by atoms with Crippen LogP contribution >= 0.6 is 0 Å². The van der Waals surface area contributed by atoms with Crippen molar-refractivity contribution in [3.63, 3.8) is 0 Å². The van der Waals surface area contributed by atoms with Gasteiger partial charge in [0.15, 0.2) is 5.65 Å². The van der Waals surface area contributed by atoms with Crippen molar-refractivity contribution in [2.75, 3.05) is 24.4 Å². The number of methoxy groups -OCH3 is 1. The number of nitrogens with zero attached hydrogens (tertiary/aromatic N) is 5. The predicted molar refractivity (Wildman–Crippen MR) is 156 cm³/mol. The quantitative estimate of drug-likeness (QED) is 0.381. The van der Waals surface area contributed by atoms with Gasteiger partial charge in [-0.2, -0.15) is 9.61 Å². The zero-order valence-electron chi connectivity index (χ0n) is 24.7. The van der Waals surface area contributed by atoms with Crippen LogP contribution in [-0.4, -0.2) is 74.3 Å². The Morgan fingerprint density at radius 2 is 1.98 bits per heavy atom. The van der Waals surface area contributed by atoms with E-state index in [9.17, 15) is 19.5 Å². The van der Waals surface area contributed by atoms with Crippen molar-refractivity contribution in [1.29, 1.82) is 0 Å². The maximum atomic E-state index is 13.5. The van der Waals surface area contributed by atoms with Gasteiger partial charge in [-0.15, -0.1) is 0 Å². The maximum Gasteiger partial charge on any atom is 0.415 e. The third kappa shape index (κ3) is 6.12. The number of carbonyl (C=O) groups excluding carboxylic acids is 2. The molecule has 5 rings (SSSR count). The molecule has 0 radical (unpaired) electrons. The van der Waals surface area contributed by atoms with Gasteiger partial charge in [0.25, 0.3) is 11.5 Å². The Kier molecular flexibility index (Phi) is 8.24. The molecule has 0 spiro atoms. The lowest BCUT2D eigenvalue weighted by Gasteiger charge is -2.34. The summed E-state index contributed by atoms with van der Waals surface area (Å²) in [5.41, 5.74) is -0.401. The molecule has 0 saturated heterocycles. The van der Waals surface area contributed by atoms with Gasteiger partial charge >= 0.3 is 6.09 Å². The second-order valence-electron chi connectivity index (χ2n) is 12.0. The molecule has 0 aromatic carbocycles. The summed E-state index contributed by atoms with van der Waals surface area (Å²) in [6, 6.07) is 4.56. The minimum Gasteiger partial charge on any atom is -0.443 e. The Hall–Kier alpha value is -3.97. The molecule has 13 nitrogen and oxygen atoms in total. The molecule has 3 aromatic rings. The smallest absolute Gasteiger partial charge is 0.415 e. The van der Waals surface area contributed by atoms with Crippen molar-refractivity contribution >= 4 is 35.0 Å². The lowest BCUT2D eigenvalue weighted by molar-refractivity contribution is 0.0300. The summed E-state index contributed by atoms with van der Waals surface area (Å²) in [6.45, 7) is 5.30. The van der Waals surface area contributed by atoms with Crippen LogP contribution in [0.5, 0.6) is 0 Å². The minimum absolute atomic E-state index is 0.0546. The summed E-state index contributed by atoms with van der Waals surface area (Å²) in [6.07, 6.45) is 6.76. The molecule has 2 aliphatic rings. The van der Waals surface area contributed by atoms with E-state index in [1.54, 1.807) is 52.3 Å². The topological polar surface area (TPSA) is 152 Å². The molecule has 2 amide bonds. The zero-order chi connectivity index (χ0) is 30.2. The number of nitrogens with one attached hydrogen (secondary N) is 2. The van der Waals surface area contributed by atoms with E-state index in [0.717, 1.165) is 19.3 Å². The van der Waals surface area contributed by atoms with Crippen molar-refractivity contribution in [3.8, 4) is 0 Å². The molecule has 0 unspecified atom stereocenters. The number of aromatic nitrogens is 4. The molecule has 2 saturated carbocycles. The number of anilines is 3. The second-order valence-corrected chi connectivity index (χ2v) is 12.0. The van der Waals surface area contributed by atoms with E-state index < -0.39 is 17.8 Å². The van der Waals surface area contributed by atoms with Crippen LogP contribution in [0.15, 0.2) is 35.4 Å². The van der Waals surface area contributed by atoms with E-state index in [0.29, 0.717) is 19.3 Å². The van der Waals surface area contributed by atoms with Crippen LogP contribution < -0.4 is 21.1 Å². The highest BCUT2D eigenvalue weighted by Gasteiger charge is 2.32. The van der Waals surface area contributed by atoms with E-state index in [-0.39, 0.29) is 58.2 Å². The van der Waals surface area contributed by atoms with Gasteiger partial charge in [-0.25, -0.2) is 9.78 Å². The first kappa shape index (κ1) is 29.5. The molecule has 3 heterocycles. The van der Waals surface area contributed by atoms with E-state index in [4.69, 9.17) is 9.47 Å². The highest BCUT2D eigenvalue weighted by Crippen LogP contribution is 2.31. The van der Waals surface area contributed by atoms with Crippen molar-refractivity contribution in [3.05, 3.63) is 46.5 Å². The number of rotatable bonds is 7. The van der Waals surface area contributed by atoms with Crippen LogP contribution in [0.4, 0.5) is 22.1 Å². The summed E-state index contributed by atoms with van der Waals surface area (Å²) in [4.78, 5) is 45.7. The first-order valence-corrected chi connectivity index (χ1v) is 14.3. The number of amides is 2. The number of pyridine rings is 1. The molecule has 3 aromatic heterocycles. The first-order valence-electron chi connectivity index (χ1n) is 14.3. The average molecular weight is 582 g/mol. The normalized spacial score (nSPS) is 22.3. The van der Waals surface area contributed by atoms with Crippen LogP contribution in [0.1, 0.15) is 75.7 Å². The van der Waals surface area contributed by atoms with Crippen molar-refractivity contribution in [1.82, 2.24) is 24.5 Å². The van der Waals surface area contributed by atoms with Crippen LogP contribution in [0, 0.1) is 0 Å². The first-order chi connectivity index (χ1) is 19.9. The lowest BCUT2D eigenvalue weighted by atomic mass is 9.89. The fourth-order valence-electron chi connectivity index (χ4n) is 5.38. The molecule has 2 aliphatic carbocycles. The molecule has 4 atom stereocenters. The molecule has 0 aliphatic heterocycles. The third-order valence-electron chi connectivity index (χ3n) is 7.80. The molecule has 0 bridgehead atoms. The van der Waals surface area contributed by atoms with Gasteiger partial charge in [-0.3, -0.25) is 14.5 Å². The standard InChI is InChI=1S/C29H39N7O6/c1-29(2,3)42-28(40)34(4)24-15-23(32-20-10-7-13-35(27(20)39)21-11-12-22(21)37)33-25-19(16-30-36(24)25)26(38)31-17-8-6-9-18(14-17)41-5/h7,10,13,15-18,21-22,37H,6,8-9,11-12,14H2,1-5H3,(H,31,38)(H,32,33)/t17-,18-,21-,22+/m1/s1. The molecule has 226 valence electrons. The number of carbonyl (C=O) groups is 2. The van der Waals surface area contributed by atoms with Crippen LogP contribution in [-0.2, 0) is 9.47 Å². The monoisotopic (exact) mass is 581 g/mol. The molecule has 42 heavy (non-hydrogen) atoms. The largest absolute Gasteiger partial charge is 0.443 e. The number of aliphatic hydroxyl groups is 1. The number of hydrogen-bond acceptors (Lipinski definition) is 9. The Morgan fingerprint density at radius 1 is 1.19 bits per heavy atom. The molecule has 2 fully saturated rings. The Balaban J connectivity index is 1.52. The summed E-state index contributed by atoms with van der Waals surface area (Å²) in [7, 11) is 3.21. The van der Waals surface area contributed by atoms with Gasteiger partial charge < -0.3 is 29.8 Å². The highest BCUT2D eigenvalue weighted by atomic mass is 16.6. The molecule has 3 N–H and O–H groups in total. The average Bonchev–Trinajstić information content (AvgIpc) is 3.37. The van der Waals surface area contributed by atoms with E-state index in [1.807, 2.05) is 0 Å². The van der Waals surface area contributed by atoms with Gasteiger partial charge in [0, 0.05) is 32.5 Å². The second kappa shape index (κ2) is 11.7. The Bertz CT molecular complexity index is 1530. The lowest BCUT2D eigenvalue weighted by Crippen LogP contribution is -2.40. The zero-order valence-corrected chi connectivity index (χ0v) is 24.7. The van der Waals surface area contributed by atoms with E-state index in [2.05, 4.69) is 20.7 Å². The number of ether oxygens (including phenoxy) is 2. The van der Waals surface area contributed by atoms with Crippen LogP contribution in [0.25, 0.3) is 5.65 Å². The predicted octanol–water partition coefficient (Wildman–Crippen LogP) is 3.39. The molecule has 13 heteroatoms. The van der Waals surface area contributed by atoms with Gasteiger partial charge in [-0.1, -0.05) is 0 Å². The van der Waals surface area contributed by atoms with E-state index >= 15 is 0 Å². The van der Waals surface area contributed by atoms with Crippen LogP contribution in [0.2, 0.25) is 0 Å². The van der Waals surface area contributed by atoms with E-state index in [1.165, 1.54) is 27.2 Å². The summed E-state index contributed by atoms with van der Waals surface area (Å²) >= 11 is 0. The van der Waals surface area contributed by atoms with Gasteiger partial charge in [-0.05, 0) is 71.4 Å². The maximum absolute atomic E-state index is 13.5. The van der Waals surface area contributed by atoms with Gasteiger partial charge in [0.2, 0.25) is 0 Å². The number of fused-ring (bicyclic) bond motifs is 1. The highest BCUT2D eigenvalue weighted by molar-refractivity contribution is 6.00. The Morgan fingerprint density at radius 3 is 2.64 bits per heavy atom. The van der Waals surface area contributed by atoms with Crippen molar-refractivity contribution in [2.45, 2.75) is 89.2 Å². The molecular weight excluding hydrogens is 542 g/mol. The SMILES string of the molecule is CO[C@@H]1CCC[C@@H](NC(=O)c2cnn3c(N(C)C(=O)OC(C)(C)C)cc(Nc4cccn([C@@H]5CC[C@@H]5O)c4=O)nc23)C1. The fraction of sp³-hybridized carbons (Fsp3) is 0.552. The summed E-state index contributed by atoms with van der Waals surface area (Å²) in [5, 5.41) is 20.7. The van der Waals surface area contributed by atoms with Gasteiger partial charge in [0.1, 0.15) is 28.5 Å². The summed E-state index contributed by atoms with van der Waals surface area (Å²) < 4.78 is 14.0. The molecular formula is C29H39N7O6. The number of hydrogen-bond donors (Lipinski definition) is 3. The number of aliphatic hydroxyl groups excluding tert-OH is 1. The van der Waals surface area contributed by atoms with Crippen molar-refractivity contribution in [2.24, 2.45) is 0 Å². The third-order valence-corrected chi connectivity index (χ3v) is 7.80.